The second-order valence-electron chi connectivity index (χ2n) is 7.98. The fourth-order valence-electron chi connectivity index (χ4n) is 3.66. The molecule has 0 aliphatic heterocycles. The molecule has 0 unspecified atom stereocenters. The number of hydrogen-bond donors (Lipinski definition) is 1. The van der Waals surface area contributed by atoms with Crippen molar-refractivity contribution in [3.63, 3.8) is 0 Å². The van der Waals surface area contributed by atoms with Gasteiger partial charge in [-0.1, -0.05) is 5.16 Å². The summed E-state index contributed by atoms with van der Waals surface area (Å²) in [6, 6.07) is 13.0. The van der Waals surface area contributed by atoms with E-state index in [1.807, 2.05) is 36.6 Å². The molecule has 2 N–H and O–H groups in total. The smallest absolute Gasteiger partial charge is 0.307 e. The molecule has 0 amide bonds. The van der Waals surface area contributed by atoms with Crippen molar-refractivity contribution in [3.05, 3.63) is 48.2 Å². The molecule has 0 bridgehead atoms. The molecule has 0 saturated carbocycles. The van der Waals surface area contributed by atoms with E-state index in [1.54, 1.807) is 31.3 Å². The first-order chi connectivity index (χ1) is 16.4. The van der Waals surface area contributed by atoms with Gasteiger partial charge in [0.05, 0.1) is 35.9 Å². The van der Waals surface area contributed by atoms with Crippen molar-refractivity contribution in [3.8, 4) is 34.7 Å². The van der Waals surface area contributed by atoms with Crippen LogP contribution in [0.5, 0.6) is 5.75 Å². The second kappa shape index (κ2) is 9.67. The Labute approximate surface area is 196 Å². The van der Waals surface area contributed by atoms with Crippen molar-refractivity contribution < 1.29 is 18.8 Å². The number of rotatable bonds is 8. The van der Waals surface area contributed by atoms with Crippen LogP contribution in [0.15, 0.2) is 47.1 Å². The van der Waals surface area contributed by atoms with Crippen LogP contribution in [0, 0.1) is 11.3 Å². The molecule has 2 aromatic carbocycles. The third-order valence-electron chi connectivity index (χ3n) is 5.17. The Bertz CT molecular complexity index is 1380. The minimum Gasteiger partial charge on any atom is -0.490 e. The molecular weight excluding hydrogens is 434 g/mol. The molecular formula is C25H25N5O4. The summed E-state index contributed by atoms with van der Waals surface area (Å²) in [6.45, 7) is 6.41. The summed E-state index contributed by atoms with van der Waals surface area (Å²) in [5.41, 5.74) is 9.45. The van der Waals surface area contributed by atoms with Gasteiger partial charge in [-0.15, -0.1) is 0 Å². The number of fused-ring (bicyclic) bond motifs is 1. The molecule has 0 aliphatic rings. The standard InChI is InChI=1S/C25H25N5O4/c1-4-32-23(31)9-10-30-14-20(27)19-12-16(5-7-21(19)30)24-28-25(34-29-24)17-6-8-22(33-15(2)3)18(11-17)13-26/h5-8,11-12,14-15H,4,9-10,27H2,1-3H3. The first-order valence-corrected chi connectivity index (χ1v) is 11.0. The van der Waals surface area contributed by atoms with Gasteiger partial charge in [0.2, 0.25) is 5.82 Å². The highest BCUT2D eigenvalue weighted by atomic mass is 16.5. The van der Waals surface area contributed by atoms with Crippen molar-refractivity contribution in [2.75, 3.05) is 12.3 Å². The van der Waals surface area contributed by atoms with Gasteiger partial charge in [0.25, 0.3) is 5.89 Å². The van der Waals surface area contributed by atoms with Gasteiger partial charge in [0.1, 0.15) is 11.8 Å². The molecule has 2 heterocycles. The van der Waals surface area contributed by atoms with Crippen LogP contribution in [0.2, 0.25) is 0 Å². The Morgan fingerprint density at radius 1 is 1.24 bits per heavy atom. The van der Waals surface area contributed by atoms with Crippen LogP contribution < -0.4 is 10.5 Å². The average Bonchev–Trinajstić information content (AvgIpc) is 3.43. The van der Waals surface area contributed by atoms with Crippen LogP contribution >= 0.6 is 0 Å². The van der Waals surface area contributed by atoms with Crippen LogP contribution in [-0.4, -0.2) is 33.4 Å². The van der Waals surface area contributed by atoms with Crippen LogP contribution in [0.3, 0.4) is 0 Å². The number of carbonyl (C=O) groups excluding carboxylic acids is 1. The Balaban J connectivity index is 1.59. The van der Waals surface area contributed by atoms with Crippen molar-refractivity contribution in [2.45, 2.75) is 39.8 Å². The van der Waals surface area contributed by atoms with Gasteiger partial charge >= 0.3 is 5.97 Å². The number of nitrogen functional groups attached to an aromatic ring is 1. The van der Waals surface area contributed by atoms with Gasteiger partial charge < -0.3 is 24.3 Å². The number of aryl methyl sites for hydroxylation is 1. The minimum absolute atomic E-state index is 0.0460. The molecule has 174 valence electrons. The second-order valence-corrected chi connectivity index (χ2v) is 7.98. The third-order valence-corrected chi connectivity index (χ3v) is 5.17. The fraction of sp³-hybridized carbons (Fsp3) is 0.280. The van der Waals surface area contributed by atoms with Crippen LogP contribution in [0.4, 0.5) is 5.69 Å². The lowest BCUT2D eigenvalue weighted by Gasteiger charge is -2.11. The number of nitriles is 1. The summed E-state index contributed by atoms with van der Waals surface area (Å²) in [5, 5.41) is 14.4. The molecule has 4 rings (SSSR count). The number of nitrogens with zero attached hydrogens (tertiary/aromatic N) is 4. The molecule has 0 saturated heterocycles. The monoisotopic (exact) mass is 459 g/mol. The molecule has 0 aliphatic carbocycles. The number of hydrogen-bond acceptors (Lipinski definition) is 8. The molecule has 0 fully saturated rings. The number of nitrogens with two attached hydrogens (primary N) is 1. The minimum atomic E-state index is -0.248. The maximum atomic E-state index is 11.7. The van der Waals surface area contributed by atoms with Gasteiger partial charge in [-0.05, 0) is 57.2 Å². The third kappa shape index (κ3) is 4.71. The van der Waals surface area contributed by atoms with E-state index >= 15 is 0 Å². The van der Waals surface area contributed by atoms with Crippen LogP contribution in [0.25, 0.3) is 33.7 Å². The van der Waals surface area contributed by atoms with E-state index in [9.17, 15) is 10.1 Å². The largest absolute Gasteiger partial charge is 0.490 e. The Morgan fingerprint density at radius 2 is 2.03 bits per heavy atom. The lowest BCUT2D eigenvalue weighted by Crippen LogP contribution is -2.08. The van der Waals surface area contributed by atoms with Crippen molar-refractivity contribution in [2.24, 2.45) is 0 Å². The highest BCUT2D eigenvalue weighted by Crippen LogP contribution is 2.31. The summed E-state index contributed by atoms with van der Waals surface area (Å²) in [6.07, 6.45) is 2.02. The maximum absolute atomic E-state index is 11.7. The SMILES string of the molecule is CCOC(=O)CCn1cc(N)c2cc(-c3noc(-c4ccc(OC(C)C)c(C#N)c4)n3)ccc21. The first kappa shape index (κ1) is 22.9. The highest BCUT2D eigenvalue weighted by molar-refractivity contribution is 5.94. The topological polar surface area (TPSA) is 129 Å². The van der Waals surface area contributed by atoms with E-state index < -0.39 is 0 Å². The summed E-state index contributed by atoms with van der Waals surface area (Å²) >= 11 is 0. The predicted molar refractivity (Wildman–Crippen MR) is 127 cm³/mol. The van der Waals surface area contributed by atoms with E-state index in [4.69, 9.17) is 19.7 Å². The molecule has 2 aromatic heterocycles. The molecule has 9 heteroatoms. The number of esters is 1. The summed E-state index contributed by atoms with van der Waals surface area (Å²) < 4.78 is 18.1. The Hall–Kier alpha value is -4.32. The summed E-state index contributed by atoms with van der Waals surface area (Å²) in [5.74, 6) is 0.955. The predicted octanol–water partition coefficient (Wildman–Crippen LogP) is 4.55. The highest BCUT2D eigenvalue weighted by Gasteiger charge is 2.16. The Morgan fingerprint density at radius 3 is 2.76 bits per heavy atom. The number of anilines is 1. The Kier molecular flexibility index (Phi) is 6.50. The summed E-state index contributed by atoms with van der Waals surface area (Å²) in [7, 11) is 0. The quantitative estimate of drug-likeness (QED) is 0.380. The number of aromatic nitrogens is 3. The van der Waals surface area contributed by atoms with Gasteiger partial charge in [-0.2, -0.15) is 10.2 Å². The molecule has 0 radical (unpaired) electrons. The van der Waals surface area contributed by atoms with E-state index in [-0.39, 0.29) is 18.5 Å². The molecule has 0 spiro atoms. The normalized spacial score (nSPS) is 11.0. The zero-order chi connectivity index (χ0) is 24.2. The number of benzene rings is 2. The maximum Gasteiger partial charge on any atom is 0.307 e. The van der Waals surface area contributed by atoms with Gasteiger partial charge in [0.15, 0.2) is 0 Å². The van der Waals surface area contributed by atoms with E-state index in [0.717, 1.165) is 16.5 Å². The fourth-order valence-corrected chi connectivity index (χ4v) is 3.66. The average molecular weight is 460 g/mol. The van der Waals surface area contributed by atoms with Crippen molar-refractivity contribution in [1.82, 2.24) is 14.7 Å². The van der Waals surface area contributed by atoms with E-state index in [1.165, 1.54) is 0 Å². The zero-order valence-electron chi connectivity index (χ0n) is 19.2. The van der Waals surface area contributed by atoms with Crippen molar-refractivity contribution in [1.29, 1.82) is 5.26 Å². The lowest BCUT2D eigenvalue weighted by atomic mass is 10.1. The van der Waals surface area contributed by atoms with Gasteiger partial charge in [-0.25, -0.2) is 0 Å². The molecule has 9 nitrogen and oxygen atoms in total. The molecule has 0 atom stereocenters. The van der Waals surface area contributed by atoms with E-state index in [0.29, 0.717) is 47.4 Å². The zero-order valence-corrected chi connectivity index (χ0v) is 19.2. The number of ether oxygens (including phenoxy) is 2. The van der Waals surface area contributed by atoms with Gasteiger partial charge in [-0.3, -0.25) is 4.79 Å². The molecule has 34 heavy (non-hydrogen) atoms. The number of carbonyl (C=O) groups is 1. The van der Waals surface area contributed by atoms with Crippen molar-refractivity contribution >= 4 is 22.6 Å². The first-order valence-electron chi connectivity index (χ1n) is 11.0. The van der Waals surface area contributed by atoms with Gasteiger partial charge in [0, 0.05) is 29.3 Å². The lowest BCUT2D eigenvalue weighted by molar-refractivity contribution is -0.143. The van der Waals surface area contributed by atoms with Crippen LogP contribution in [-0.2, 0) is 16.1 Å². The molecule has 4 aromatic rings. The summed E-state index contributed by atoms with van der Waals surface area (Å²) in [4.78, 5) is 16.2. The van der Waals surface area contributed by atoms with E-state index in [2.05, 4.69) is 16.2 Å². The van der Waals surface area contributed by atoms with Crippen LogP contribution in [0.1, 0.15) is 32.8 Å².